The first-order valence-electron chi connectivity index (χ1n) is 12.5. The summed E-state index contributed by atoms with van der Waals surface area (Å²) in [5.74, 6) is 1.71. The van der Waals surface area contributed by atoms with Crippen molar-refractivity contribution in [3.63, 3.8) is 0 Å². The number of para-hydroxylation sites is 3. The van der Waals surface area contributed by atoms with Crippen LogP contribution >= 0.6 is 0 Å². The Labute approximate surface area is 214 Å². The van der Waals surface area contributed by atoms with E-state index in [0.29, 0.717) is 0 Å². The average Bonchev–Trinajstić information content (AvgIpc) is 3.34. The highest BCUT2D eigenvalue weighted by Gasteiger charge is 2.26. The topological polar surface area (TPSA) is 28.3 Å². The molecule has 174 valence electrons. The van der Waals surface area contributed by atoms with E-state index in [9.17, 15) is 0 Å². The van der Waals surface area contributed by atoms with Gasteiger partial charge in [-0.2, -0.15) is 0 Å². The molecule has 3 heteroatoms. The molecule has 7 aromatic rings. The number of aromatic amines is 1. The predicted octanol–water partition coefficient (Wildman–Crippen LogP) is 9.72. The smallest absolute Gasteiger partial charge is 0.151 e. The molecule has 0 atom stereocenters. The highest BCUT2D eigenvalue weighted by molar-refractivity contribution is 6.20. The molecule has 1 aromatic heterocycles. The Morgan fingerprint density at radius 1 is 0.514 bits per heavy atom. The summed E-state index contributed by atoms with van der Waals surface area (Å²) in [6.07, 6.45) is 0. The fourth-order valence-corrected chi connectivity index (χ4v) is 5.64. The van der Waals surface area contributed by atoms with Crippen molar-refractivity contribution in [1.29, 1.82) is 0 Å². The number of ether oxygens (including phenoxy) is 1. The molecule has 0 unspecified atom stereocenters. The number of fused-ring (bicyclic) bond motifs is 7. The van der Waals surface area contributed by atoms with E-state index in [4.69, 9.17) is 4.74 Å². The first kappa shape index (κ1) is 20.2. The SMILES string of the molecule is c1ccc(N2c3ccccc3Oc3ccc(-c4ccc5[nH]c6ccc7ccccc7c6c5c4)cc32)cc1. The van der Waals surface area contributed by atoms with Gasteiger partial charge >= 0.3 is 0 Å². The number of hydrogen-bond donors (Lipinski definition) is 1. The Morgan fingerprint density at radius 2 is 1.24 bits per heavy atom. The quantitative estimate of drug-likeness (QED) is 0.270. The summed E-state index contributed by atoms with van der Waals surface area (Å²) in [4.78, 5) is 5.90. The largest absolute Gasteiger partial charge is 0.453 e. The lowest BCUT2D eigenvalue weighted by Crippen LogP contribution is -2.15. The van der Waals surface area contributed by atoms with E-state index in [1.807, 2.05) is 18.2 Å². The highest BCUT2D eigenvalue weighted by atomic mass is 16.5. The van der Waals surface area contributed by atoms with E-state index in [1.165, 1.54) is 27.1 Å². The third-order valence-corrected chi connectivity index (χ3v) is 7.36. The van der Waals surface area contributed by atoms with E-state index < -0.39 is 0 Å². The van der Waals surface area contributed by atoms with E-state index in [1.54, 1.807) is 0 Å². The number of rotatable bonds is 2. The van der Waals surface area contributed by atoms with Crippen LogP contribution in [0, 0.1) is 0 Å². The lowest BCUT2D eigenvalue weighted by atomic mass is 9.99. The standard InChI is InChI=1S/C34H22N2O/c1-2-9-25(10-3-1)36-30-12-6-7-13-32(30)37-33-19-16-24(21-31(33)36)23-15-17-28-27(20-23)34-26-11-5-4-8-22(26)14-18-29(34)35-28/h1-21,35H. The first-order valence-corrected chi connectivity index (χ1v) is 12.5. The molecule has 2 heterocycles. The van der Waals surface area contributed by atoms with Crippen LogP contribution in [0.1, 0.15) is 0 Å². The van der Waals surface area contributed by atoms with Gasteiger partial charge in [-0.25, -0.2) is 0 Å². The molecular weight excluding hydrogens is 452 g/mol. The van der Waals surface area contributed by atoms with Gasteiger partial charge in [0, 0.05) is 27.5 Å². The fourth-order valence-electron chi connectivity index (χ4n) is 5.64. The maximum absolute atomic E-state index is 6.34. The van der Waals surface area contributed by atoms with Crippen LogP contribution < -0.4 is 9.64 Å². The minimum absolute atomic E-state index is 0.852. The van der Waals surface area contributed by atoms with E-state index in [0.717, 1.165) is 45.2 Å². The molecule has 1 N–H and O–H groups in total. The normalized spacial score (nSPS) is 12.5. The second kappa shape index (κ2) is 7.74. The van der Waals surface area contributed by atoms with Gasteiger partial charge in [0.25, 0.3) is 0 Å². The van der Waals surface area contributed by atoms with Crippen molar-refractivity contribution in [2.45, 2.75) is 0 Å². The summed E-state index contributed by atoms with van der Waals surface area (Å²) in [6, 6.07) is 44.9. The second-order valence-corrected chi connectivity index (χ2v) is 9.52. The number of nitrogens with one attached hydrogen (secondary N) is 1. The molecule has 0 amide bonds. The maximum Gasteiger partial charge on any atom is 0.151 e. The average molecular weight is 475 g/mol. The van der Waals surface area contributed by atoms with Crippen molar-refractivity contribution < 1.29 is 4.74 Å². The molecule has 1 aliphatic rings. The molecule has 0 spiro atoms. The second-order valence-electron chi connectivity index (χ2n) is 9.52. The van der Waals surface area contributed by atoms with Crippen LogP contribution in [-0.2, 0) is 0 Å². The number of H-pyrrole nitrogens is 1. The Hall–Kier alpha value is -5.02. The van der Waals surface area contributed by atoms with Gasteiger partial charge in [0.15, 0.2) is 11.5 Å². The summed E-state index contributed by atoms with van der Waals surface area (Å²) >= 11 is 0. The Morgan fingerprint density at radius 3 is 2.19 bits per heavy atom. The molecule has 8 rings (SSSR count). The molecule has 0 saturated carbocycles. The third-order valence-electron chi connectivity index (χ3n) is 7.36. The van der Waals surface area contributed by atoms with Crippen molar-refractivity contribution in [3.05, 3.63) is 127 Å². The van der Waals surface area contributed by atoms with E-state index >= 15 is 0 Å². The van der Waals surface area contributed by atoms with Gasteiger partial charge in [-0.05, 0) is 76.5 Å². The van der Waals surface area contributed by atoms with Crippen molar-refractivity contribution >= 4 is 49.6 Å². The van der Waals surface area contributed by atoms with Gasteiger partial charge in [-0.3, -0.25) is 0 Å². The maximum atomic E-state index is 6.34. The van der Waals surface area contributed by atoms with Crippen molar-refractivity contribution in [2.75, 3.05) is 4.90 Å². The predicted molar refractivity (Wildman–Crippen MR) is 154 cm³/mol. The Balaban J connectivity index is 1.33. The third kappa shape index (κ3) is 3.08. The molecular formula is C34H22N2O. The molecule has 6 aromatic carbocycles. The van der Waals surface area contributed by atoms with Gasteiger partial charge in [0.1, 0.15) is 0 Å². The summed E-state index contributed by atoms with van der Waals surface area (Å²) in [6.45, 7) is 0. The van der Waals surface area contributed by atoms with Gasteiger partial charge in [-0.1, -0.05) is 72.8 Å². The van der Waals surface area contributed by atoms with Gasteiger partial charge in [0.05, 0.1) is 11.4 Å². The van der Waals surface area contributed by atoms with Gasteiger partial charge in [-0.15, -0.1) is 0 Å². The van der Waals surface area contributed by atoms with E-state index in [2.05, 4.69) is 119 Å². The minimum Gasteiger partial charge on any atom is -0.453 e. The monoisotopic (exact) mass is 474 g/mol. The zero-order valence-corrected chi connectivity index (χ0v) is 20.0. The molecule has 0 saturated heterocycles. The zero-order valence-electron chi connectivity index (χ0n) is 20.0. The van der Waals surface area contributed by atoms with Crippen molar-refractivity contribution in [1.82, 2.24) is 4.98 Å². The molecule has 0 aliphatic carbocycles. The highest BCUT2D eigenvalue weighted by Crippen LogP contribution is 2.51. The fraction of sp³-hybridized carbons (Fsp3) is 0. The van der Waals surface area contributed by atoms with Gasteiger partial charge in [0.2, 0.25) is 0 Å². The molecule has 3 nitrogen and oxygen atoms in total. The van der Waals surface area contributed by atoms with E-state index in [-0.39, 0.29) is 0 Å². The van der Waals surface area contributed by atoms with Crippen LogP contribution in [0.4, 0.5) is 17.1 Å². The number of anilines is 3. The molecule has 0 fully saturated rings. The van der Waals surface area contributed by atoms with Crippen molar-refractivity contribution in [3.8, 4) is 22.6 Å². The summed E-state index contributed by atoms with van der Waals surface area (Å²) in [7, 11) is 0. The molecule has 1 aliphatic heterocycles. The number of aromatic nitrogens is 1. The summed E-state index contributed by atoms with van der Waals surface area (Å²) < 4.78 is 6.34. The summed E-state index contributed by atoms with van der Waals surface area (Å²) in [5.41, 5.74) is 7.82. The number of nitrogens with zero attached hydrogens (tertiary/aromatic N) is 1. The van der Waals surface area contributed by atoms with Crippen LogP contribution in [0.2, 0.25) is 0 Å². The number of hydrogen-bond acceptors (Lipinski definition) is 2. The van der Waals surface area contributed by atoms with Crippen molar-refractivity contribution in [2.24, 2.45) is 0 Å². The van der Waals surface area contributed by atoms with Crippen LogP contribution in [0.5, 0.6) is 11.5 Å². The Kier molecular flexibility index (Phi) is 4.23. The zero-order chi connectivity index (χ0) is 24.3. The summed E-state index contributed by atoms with van der Waals surface area (Å²) in [5, 5.41) is 5.04. The van der Waals surface area contributed by atoms with Crippen LogP contribution in [0.25, 0.3) is 43.7 Å². The minimum atomic E-state index is 0.852. The molecule has 37 heavy (non-hydrogen) atoms. The van der Waals surface area contributed by atoms with Crippen LogP contribution in [0.15, 0.2) is 127 Å². The molecule has 0 bridgehead atoms. The van der Waals surface area contributed by atoms with Crippen LogP contribution in [0.3, 0.4) is 0 Å². The first-order chi connectivity index (χ1) is 18.3. The molecule has 0 radical (unpaired) electrons. The Bertz CT molecular complexity index is 1970. The van der Waals surface area contributed by atoms with Crippen LogP contribution in [-0.4, -0.2) is 4.98 Å². The lowest BCUT2D eigenvalue weighted by molar-refractivity contribution is 0.477. The van der Waals surface area contributed by atoms with Gasteiger partial charge < -0.3 is 14.6 Å². The lowest BCUT2D eigenvalue weighted by Gasteiger charge is -2.33. The number of benzene rings is 6.